The highest BCUT2D eigenvalue weighted by molar-refractivity contribution is 5.53. The van der Waals surface area contributed by atoms with Crippen LogP contribution in [0.4, 0.5) is 0 Å². The van der Waals surface area contributed by atoms with E-state index < -0.39 is 0 Å². The third kappa shape index (κ3) is 6.67. The van der Waals surface area contributed by atoms with Crippen molar-refractivity contribution in [3.8, 4) is 0 Å². The first-order valence-corrected chi connectivity index (χ1v) is 9.12. The van der Waals surface area contributed by atoms with Crippen molar-refractivity contribution in [1.29, 1.82) is 0 Å². The fraction of sp³-hybridized carbons (Fsp3) is 0.409. The Bertz CT molecular complexity index is 592. The van der Waals surface area contributed by atoms with Crippen LogP contribution in [0.15, 0.2) is 60.4 Å². The fourth-order valence-corrected chi connectivity index (χ4v) is 2.90. The van der Waals surface area contributed by atoms with Crippen molar-refractivity contribution in [2.24, 2.45) is 0 Å². The van der Waals surface area contributed by atoms with Gasteiger partial charge in [0, 0.05) is 12.4 Å². The lowest BCUT2D eigenvalue weighted by Crippen LogP contribution is -2.12. The van der Waals surface area contributed by atoms with Crippen LogP contribution in [0.1, 0.15) is 56.6 Å². The van der Waals surface area contributed by atoms with E-state index >= 15 is 0 Å². The van der Waals surface area contributed by atoms with Gasteiger partial charge in [-0.1, -0.05) is 62.6 Å². The Morgan fingerprint density at radius 1 is 1.04 bits per heavy atom. The van der Waals surface area contributed by atoms with Crippen LogP contribution in [0.2, 0.25) is 0 Å². The highest BCUT2D eigenvalue weighted by Gasteiger charge is 2.11. The number of aliphatic hydroxyl groups is 1. The van der Waals surface area contributed by atoms with E-state index in [-0.39, 0.29) is 6.10 Å². The summed E-state index contributed by atoms with van der Waals surface area (Å²) in [6, 6.07) is 14.4. The van der Waals surface area contributed by atoms with Gasteiger partial charge in [-0.3, -0.25) is 4.98 Å². The van der Waals surface area contributed by atoms with E-state index in [1.165, 1.54) is 24.8 Å². The molecule has 0 aliphatic rings. The minimum Gasteiger partial charge on any atom is -0.389 e. The van der Waals surface area contributed by atoms with E-state index in [0.717, 1.165) is 36.8 Å². The first-order chi connectivity index (χ1) is 11.8. The molecule has 1 atom stereocenters. The van der Waals surface area contributed by atoms with Crippen LogP contribution in [-0.2, 0) is 6.42 Å². The van der Waals surface area contributed by atoms with E-state index in [1.54, 1.807) is 12.4 Å². The first kappa shape index (κ1) is 18.4. The topological polar surface area (TPSA) is 33.1 Å². The van der Waals surface area contributed by atoms with Crippen molar-refractivity contribution in [3.05, 3.63) is 71.6 Å². The number of aromatic nitrogens is 1. The molecule has 128 valence electrons. The Morgan fingerprint density at radius 3 is 2.50 bits per heavy atom. The summed E-state index contributed by atoms with van der Waals surface area (Å²) in [5, 5.41) is 10.7. The molecule has 0 fully saturated rings. The van der Waals surface area contributed by atoms with Crippen molar-refractivity contribution in [3.63, 3.8) is 0 Å². The van der Waals surface area contributed by atoms with Gasteiger partial charge in [0.15, 0.2) is 0 Å². The predicted octanol–water partition coefficient (Wildman–Crippen LogP) is 5.43. The van der Waals surface area contributed by atoms with E-state index in [9.17, 15) is 5.11 Å². The van der Waals surface area contributed by atoms with Crippen LogP contribution in [0, 0.1) is 0 Å². The van der Waals surface area contributed by atoms with Crippen LogP contribution >= 0.6 is 0 Å². The van der Waals surface area contributed by atoms with Gasteiger partial charge in [0.1, 0.15) is 0 Å². The molecule has 0 saturated carbocycles. The number of hydrogen-bond donors (Lipinski definition) is 1. The van der Waals surface area contributed by atoms with Crippen molar-refractivity contribution in [2.75, 3.05) is 0 Å². The highest BCUT2D eigenvalue weighted by atomic mass is 16.3. The quantitative estimate of drug-likeness (QED) is 0.591. The number of hydrogen-bond acceptors (Lipinski definition) is 2. The normalized spacial score (nSPS) is 13.0. The second-order valence-corrected chi connectivity index (χ2v) is 6.35. The van der Waals surface area contributed by atoms with Crippen LogP contribution in [-0.4, -0.2) is 16.2 Å². The molecule has 0 aliphatic carbocycles. The number of aliphatic hydroxyl groups excluding tert-OH is 1. The number of aryl methyl sites for hydroxylation is 1. The predicted molar refractivity (Wildman–Crippen MR) is 102 cm³/mol. The highest BCUT2D eigenvalue weighted by Crippen LogP contribution is 2.21. The van der Waals surface area contributed by atoms with Gasteiger partial charge < -0.3 is 5.11 Å². The van der Waals surface area contributed by atoms with Crippen LogP contribution in [0.3, 0.4) is 0 Å². The summed E-state index contributed by atoms with van der Waals surface area (Å²) in [7, 11) is 0. The van der Waals surface area contributed by atoms with Crippen LogP contribution < -0.4 is 0 Å². The van der Waals surface area contributed by atoms with Gasteiger partial charge in [-0.05, 0) is 54.5 Å². The average Bonchev–Trinajstić information content (AvgIpc) is 2.64. The van der Waals surface area contributed by atoms with Gasteiger partial charge in [0.05, 0.1) is 6.10 Å². The van der Waals surface area contributed by atoms with Crippen molar-refractivity contribution in [1.82, 2.24) is 4.98 Å². The third-order valence-corrected chi connectivity index (χ3v) is 4.35. The van der Waals surface area contributed by atoms with E-state index in [4.69, 9.17) is 0 Å². The maximum Gasteiger partial charge on any atom is 0.0756 e. The molecular weight excluding hydrogens is 294 g/mol. The minimum atomic E-state index is -0.375. The van der Waals surface area contributed by atoms with Gasteiger partial charge in [-0.2, -0.15) is 0 Å². The first-order valence-electron chi connectivity index (χ1n) is 9.12. The molecule has 2 nitrogen and oxygen atoms in total. The van der Waals surface area contributed by atoms with Gasteiger partial charge in [-0.25, -0.2) is 0 Å². The summed E-state index contributed by atoms with van der Waals surface area (Å²) in [5.74, 6) is 0. The molecule has 1 aromatic carbocycles. The zero-order valence-electron chi connectivity index (χ0n) is 14.7. The molecule has 0 amide bonds. The van der Waals surface area contributed by atoms with Crippen molar-refractivity contribution >= 4 is 6.08 Å². The monoisotopic (exact) mass is 323 g/mol. The molecule has 24 heavy (non-hydrogen) atoms. The van der Waals surface area contributed by atoms with E-state index in [1.807, 2.05) is 18.2 Å². The SMILES string of the molecule is CCCCCC/C(=C\c1ccncc1)C(O)CCc1ccccc1. The zero-order valence-corrected chi connectivity index (χ0v) is 14.7. The Balaban J connectivity index is 1.99. The molecular formula is C22H29NO. The molecule has 0 radical (unpaired) electrons. The number of rotatable bonds is 10. The maximum atomic E-state index is 10.7. The summed E-state index contributed by atoms with van der Waals surface area (Å²) in [5.41, 5.74) is 3.55. The Morgan fingerprint density at radius 2 is 1.79 bits per heavy atom. The number of unbranched alkanes of at least 4 members (excludes halogenated alkanes) is 3. The second-order valence-electron chi connectivity index (χ2n) is 6.35. The van der Waals surface area contributed by atoms with Gasteiger partial charge in [0.2, 0.25) is 0 Å². The molecule has 0 bridgehead atoms. The number of pyridine rings is 1. The molecule has 2 heteroatoms. The average molecular weight is 323 g/mol. The molecule has 1 unspecified atom stereocenters. The molecule has 2 rings (SSSR count). The summed E-state index contributed by atoms with van der Waals surface area (Å²) < 4.78 is 0. The standard InChI is InChI=1S/C22H29NO/c1-2-3-4-8-11-21(18-20-14-16-23-17-15-20)22(24)13-12-19-9-6-5-7-10-19/h5-7,9-10,14-18,22,24H,2-4,8,11-13H2,1H3/b21-18+. The third-order valence-electron chi connectivity index (χ3n) is 4.35. The van der Waals surface area contributed by atoms with Crippen LogP contribution in [0.5, 0.6) is 0 Å². The number of nitrogens with zero attached hydrogens (tertiary/aromatic N) is 1. The molecule has 1 heterocycles. The lowest BCUT2D eigenvalue weighted by molar-refractivity contribution is 0.197. The Labute approximate surface area is 146 Å². The minimum absolute atomic E-state index is 0.375. The molecule has 0 aliphatic heterocycles. The molecule has 1 aromatic heterocycles. The largest absolute Gasteiger partial charge is 0.389 e. The lowest BCUT2D eigenvalue weighted by atomic mass is 9.95. The fourth-order valence-electron chi connectivity index (χ4n) is 2.90. The molecule has 2 aromatic rings. The van der Waals surface area contributed by atoms with Gasteiger partial charge in [0.25, 0.3) is 0 Å². The summed E-state index contributed by atoms with van der Waals surface area (Å²) in [4.78, 5) is 4.07. The summed E-state index contributed by atoms with van der Waals surface area (Å²) in [6.07, 6.45) is 12.9. The van der Waals surface area contributed by atoms with Crippen molar-refractivity contribution in [2.45, 2.75) is 58.0 Å². The van der Waals surface area contributed by atoms with Gasteiger partial charge in [-0.15, -0.1) is 0 Å². The summed E-state index contributed by atoms with van der Waals surface area (Å²) >= 11 is 0. The summed E-state index contributed by atoms with van der Waals surface area (Å²) in [6.45, 7) is 2.22. The van der Waals surface area contributed by atoms with Gasteiger partial charge >= 0.3 is 0 Å². The molecule has 0 spiro atoms. The van der Waals surface area contributed by atoms with E-state index in [0.29, 0.717) is 0 Å². The van der Waals surface area contributed by atoms with Crippen LogP contribution in [0.25, 0.3) is 6.08 Å². The zero-order chi connectivity index (χ0) is 17.0. The maximum absolute atomic E-state index is 10.7. The van der Waals surface area contributed by atoms with E-state index in [2.05, 4.69) is 42.2 Å². The second kappa shape index (κ2) is 10.8. The van der Waals surface area contributed by atoms with Crippen molar-refractivity contribution < 1.29 is 5.11 Å². The molecule has 1 N–H and O–H groups in total. The Kier molecular flexibility index (Phi) is 8.26. The Hall–Kier alpha value is -1.93. The lowest BCUT2D eigenvalue weighted by Gasteiger charge is -2.16. The smallest absolute Gasteiger partial charge is 0.0756 e. The number of benzene rings is 1. The molecule has 0 saturated heterocycles.